The van der Waals surface area contributed by atoms with Crippen LogP contribution < -0.4 is 5.32 Å². The van der Waals surface area contributed by atoms with E-state index in [1.54, 1.807) is 6.07 Å². The van der Waals surface area contributed by atoms with Gasteiger partial charge in [0.15, 0.2) is 0 Å². The van der Waals surface area contributed by atoms with Crippen molar-refractivity contribution in [3.8, 4) is 5.75 Å². The summed E-state index contributed by atoms with van der Waals surface area (Å²) < 4.78 is 5.20. The van der Waals surface area contributed by atoms with Gasteiger partial charge >= 0.3 is 6.09 Å². The van der Waals surface area contributed by atoms with E-state index < -0.39 is 11.7 Å². The van der Waals surface area contributed by atoms with Crippen molar-refractivity contribution in [1.82, 2.24) is 5.32 Å². The summed E-state index contributed by atoms with van der Waals surface area (Å²) in [5, 5.41) is 12.7. The fraction of sp³-hybridized carbons (Fsp3) is 0.533. The highest BCUT2D eigenvalue weighted by atomic mass is 16.6. The Balaban J connectivity index is 1.95. The zero-order chi connectivity index (χ0) is 14.0. The number of amides is 1. The molecule has 0 radical (unpaired) electrons. The third-order valence-electron chi connectivity index (χ3n) is 3.24. The molecule has 0 aromatic heterocycles. The average molecular weight is 263 g/mol. The van der Waals surface area contributed by atoms with Crippen molar-refractivity contribution >= 4 is 6.09 Å². The lowest BCUT2D eigenvalue weighted by molar-refractivity contribution is 0.0524. The van der Waals surface area contributed by atoms with Gasteiger partial charge < -0.3 is 15.2 Å². The summed E-state index contributed by atoms with van der Waals surface area (Å²) in [6.07, 6.45) is 1.49. The first-order chi connectivity index (χ1) is 8.87. The maximum atomic E-state index is 11.6. The number of alkyl carbamates (subject to hydrolysis) is 1. The van der Waals surface area contributed by atoms with Crippen LogP contribution in [0.4, 0.5) is 4.79 Å². The quantitative estimate of drug-likeness (QED) is 0.862. The Hall–Kier alpha value is -1.71. The summed E-state index contributed by atoms with van der Waals surface area (Å²) in [6.45, 7) is 6.01. The number of hydrogen-bond acceptors (Lipinski definition) is 3. The van der Waals surface area contributed by atoms with Crippen LogP contribution in [-0.4, -0.2) is 23.3 Å². The van der Waals surface area contributed by atoms with Gasteiger partial charge in [-0.05, 0) is 45.2 Å². The van der Waals surface area contributed by atoms with Gasteiger partial charge in [-0.2, -0.15) is 0 Å². The van der Waals surface area contributed by atoms with E-state index in [2.05, 4.69) is 5.32 Å². The fourth-order valence-corrected chi connectivity index (χ4v) is 2.49. The number of phenols is 1. The number of benzene rings is 1. The summed E-state index contributed by atoms with van der Waals surface area (Å²) in [7, 11) is 0. The van der Waals surface area contributed by atoms with E-state index in [9.17, 15) is 9.90 Å². The average Bonchev–Trinajstić information content (AvgIpc) is 2.69. The molecule has 2 N–H and O–H groups in total. The Morgan fingerprint density at radius 3 is 2.89 bits per heavy atom. The third-order valence-corrected chi connectivity index (χ3v) is 3.24. The van der Waals surface area contributed by atoms with Gasteiger partial charge in [-0.1, -0.05) is 12.1 Å². The molecule has 0 aliphatic heterocycles. The zero-order valence-corrected chi connectivity index (χ0v) is 11.7. The second-order valence-electron chi connectivity index (χ2n) is 5.97. The second-order valence-corrected chi connectivity index (χ2v) is 5.97. The summed E-state index contributed by atoms with van der Waals surface area (Å²) in [4.78, 5) is 11.6. The molecule has 2 rings (SSSR count). The van der Waals surface area contributed by atoms with E-state index in [1.165, 1.54) is 5.56 Å². The number of rotatable bonds is 2. The lowest BCUT2D eigenvalue weighted by atomic mass is 10.0. The van der Waals surface area contributed by atoms with Gasteiger partial charge in [0.2, 0.25) is 0 Å². The number of phenolic OH excluding ortho intramolecular Hbond substituents is 1. The van der Waals surface area contributed by atoms with Crippen molar-refractivity contribution in [2.24, 2.45) is 0 Å². The van der Waals surface area contributed by atoms with E-state index in [0.29, 0.717) is 12.3 Å². The van der Waals surface area contributed by atoms with E-state index in [0.717, 1.165) is 18.4 Å². The molecule has 0 fully saturated rings. The van der Waals surface area contributed by atoms with Gasteiger partial charge in [0.05, 0.1) is 0 Å². The lowest BCUT2D eigenvalue weighted by Crippen LogP contribution is -2.34. The molecule has 0 spiro atoms. The Kier molecular flexibility index (Phi) is 3.69. The van der Waals surface area contributed by atoms with E-state index in [-0.39, 0.29) is 5.92 Å². The minimum Gasteiger partial charge on any atom is -0.508 e. The predicted molar refractivity (Wildman–Crippen MR) is 73.4 cm³/mol. The first kappa shape index (κ1) is 13.7. The molecule has 104 valence electrons. The number of nitrogens with one attached hydrogen (secondary N) is 1. The van der Waals surface area contributed by atoms with Crippen LogP contribution in [0.5, 0.6) is 5.75 Å². The molecule has 0 saturated heterocycles. The zero-order valence-electron chi connectivity index (χ0n) is 11.7. The monoisotopic (exact) mass is 263 g/mol. The largest absolute Gasteiger partial charge is 0.508 e. The van der Waals surface area contributed by atoms with Crippen molar-refractivity contribution in [2.75, 3.05) is 6.54 Å². The first-order valence-corrected chi connectivity index (χ1v) is 6.64. The van der Waals surface area contributed by atoms with Gasteiger partial charge in [0.25, 0.3) is 0 Å². The predicted octanol–water partition coefficient (Wildman–Crippen LogP) is 2.95. The topological polar surface area (TPSA) is 58.6 Å². The van der Waals surface area contributed by atoms with Crippen LogP contribution in [0.1, 0.15) is 44.2 Å². The molecular weight excluding hydrogens is 242 g/mol. The van der Waals surface area contributed by atoms with Crippen molar-refractivity contribution in [3.63, 3.8) is 0 Å². The molecule has 1 aromatic rings. The van der Waals surface area contributed by atoms with Gasteiger partial charge in [-0.25, -0.2) is 4.79 Å². The number of ether oxygens (including phenoxy) is 1. The molecule has 19 heavy (non-hydrogen) atoms. The van der Waals surface area contributed by atoms with E-state index >= 15 is 0 Å². The molecule has 0 saturated carbocycles. The van der Waals surface area contributed by atoms with Gasteiger partial charge in [0.1, 0.15) is 11.4 Å². The van der Waals surface area contributed by atoms with Crippen LogP contribution in [0.2, 0.25) is 0 Å². The number of fused-ring (bicyclic) bond motifs is 1. The molecule has 0 heterocycles. The van der Waals surface area contributed by atoms with Crippen LogP contribution in [0.3, 0.4) is 0 Å². The number of aryl methyl sites for hydroxylation is 1. The van der Waals surface area contributed by atoms with E-state index in [4.69, 9.17) is 4.74 Å². The molecule has 4 heteroatoms. The molecule has 1 aromatic carbocycles. The van der Waals surface area contributed by atoms with Gasteiger partial charge in [-0.15, -0.1) is 0 Å². The highest BCUT2D eigenvalue weighted by molar-refractivity contribution is 5.67. The smallest absolute Gasteiger partial charge is 0.407 e. The minimum absolute atomic E-state index is 0.170. The van der Waals surface area contributed by atoms with Crippen LogP contribution in [0.15, 0.2) is 18.2 Å². The lowest BCUT2D eigenvalue weighted by Gasteiger charge is -2.21. The van der Waals surface area contributed by atoms with Crippen LogP contribution in [0, 0.1) is 0 Å². The molecule has 1 aliphatic carbocycles. The molecule has 1 amide bonds. The molecule has 1 atom stereocenters. The SMILES string of the molecule is CC(C)(C)OC(=O)NCC1CCc2cccc(O)c21. The summed E-state index contributed by atoms with van der Waals surface area (Å²) in [5.74, 6) is 0.495. The number of carbonyl (C=O) groups is 1. The molecule has 4 nitrogen and oxygen atoms in total. The van der Waals surface area contributed by atoms with Gasteiger partial charge in [0, 0.05) is 18.0 Å². The highest BCUT2D eigenvalue weighted by Crippen LogP contribution is 2.38. The van der Waals surface area contributed by atoms with Crippen LogP contribution in [-0.2, 0) is 11.2 Å². The molecule has 0 bridgehead atoms. The molecular formula is C15H21NO3. The second kappa shape index (κ2) is 5.11. The highest BCUT2D eigenvalue weighted by Gasteiger charge is 2.26. The van der Waals surface area contributed by atoms with Gasteiger partial charge in [-0.3, -0.25) is 0 Å². The normalized spacial score (nSPS) is 17.9. The maximum absolute atomic E-state index is 11.6. The first-order valence-electron chi connectivity index (χ1n) is 6.64. The summed E-state index contributed by atoms with van der Waals surface area (Å²) in [5.41, 5.74) is 1.66. The Labute approximate surface area is 113 Å². The van der Waals surface area contributed by atoms with Crippen molar-refractivity contribution in [1.29, 1.82) is 0 Å². The van der Waals surface area contributed by atoms with Crippen molar-refractivity contribution in [2.45, 2.75) is 45.1 Å². The standard InChI is InChI=1S/C15H21NO3/c1-15(2,3)19-14(18)16-9-11-8-7-10-5-4-6-12(17)13(10)11/h4-6,11,17H,7-9H2,1-3H3,(H,16,18). The minimum atomic E-state index is -0.486. The number of hydrogen-bond donors (Lipinski definition) is 2. The Morgan fingerprint density at radius 2 is 2.21 bits per heavy atom. The molecule has 1 unspecified atom stereocenters. The Bertz CT molecular complexity index is 477. The van der Waals surface area contributed by atoms with Crippen LogP contribution >= 0.6 is 0 Å². The number of carbonyl (C=O) groups excluding carboxylic acids is 1. The summed E-state index contributed by atoms with van der Waals surface area (Å²) >= 11 is 0. The Morgan fingerprint density at radius 1 is 1.47 bits per heavy atom. The van der Waals surface area contributed by atoms with E-state index in [1.807, 2.05) is 32.9 Å². The third kappa shape index (κ3) is 3.40. The number of aromatic hydroxyl groups is 1. The van der Waals surface area contributed by atoms with Crippen LogP contribution in [0.25, 0.3) is 0 Å². The van der Waals surface area contributed by atoms with Crippen molar-refractivity contribution < 1.29 is 14.6 Å². The maximum Gasteiger partial charge on any atom is 0.407 e. The van der Waals surface area contributed by atoms with Crippen molar-refractivity contribution in [3.05, 3.63) is 29.3 Å². The fourth-order valence-electron chi connectivity index (χ4n) is 2.49. The molecule has 1 aliphatic rings. The summed E-state index contributed by atoms with van der Waals surface area (Å²) in [6, 6.07) is 5.59.